The maximum Gasteiger partial charge on any atom is 0.223 e. The van der Waals surface area contributed by atoms with Crippen molar-refractivity contribution < 1.29 is 4.79 Å². The molecule has 1 aromatic rings. The van der Waals surface area contributed by atoms with E-state index < -0.39 is 0 Å². The molecule has 1 heterocycles. The van der Waals surface area contributed by atoms with Crippen LogP contribution in [0, 0.1) is 18.3 Å². The molecule has 2 N–H and O–H groups in total. The highest BCUT2D eigenvalue weighted by Crippen LogP contribution is 2.33. The van der Waals surface area contributed by atoms with Crippen LogP contribution in [0.2, 0.25) is 0 Å². The van der Waals surface area contributed by atoms with E-state index >= 15 is 0 Å². The Balaban J connectivity index is 0.00000242. The first kappa shape index (κ1) is 19.0. The number of hydrogen-bond acceptors (Lipinski definition) is 2. The highest BCUT2D eigenvalue weighted by Gasteiger charge is 2.30. The van der Waals surface area contributed by atoms with Crippen LogP contribution in [0.15, 0.2) is 24.3 Å². The summed E-state index contributed by atoms with van der Waals surface area (Å²) in [7, 11) is 0. The van der Waals surface area contributed by atoms with Crippen molar-refractivity contribution in [2.45, 2.75) is 46.6 Å². The van der Waals surface area contributed by atoms with Gasteiger partial charge in [0.1, 0.15) is 0 Å². The number of halogens is 1. The summed E-state index contributed by atoms with van der Waals surface area (Å²) < 4.78 is 0. The summed E-state index contributed by atoms with van der Waals surface area (Å²) in [6.45, 7) is 10.5. The predicted molar refractivity (Wildman–Crippen MR) is 94.4 cm³/mol. The lowest BCUT2D eigenvalue weighted by molar-refractivity contribution is -0.127. The van der Waals surface area contributed by atoms with Gasteiger partial charge in [-0.2, -0.15) is 0 Å². The van der Waals surface area contributed by atoms with Gasteiger partial charge in [-0.1, -0.05) is 50.6 Å². The Morgan fingerprint density at radius 3 is 2.45 bits per heavy atom. The van der Waals surface area contributed by atoms with Gasteiger partial charge in [0.05, 0.1) is 6.04 Å². The summed E-state index contributed by atoms with van der Waals surface area (Å²) in [4.78, 5) is 12.6. The van der Waals surface area contributed by atoms with Crippen molar-refractivity contribution in [1.29, 1.82) is 0 Å². The van der Waals surface area contributed by atoms with Crippen LogP contribution < -0.4 is 10.6 Å². The van der Waals surface area contributed by atoms with Crippen LogP contribution in [0.4, 0.5) is 0 Å². The van der Waals surface area contributed by atoms with Gasteiger partial charge in [-0.25, -0.2) is 0 Å². The number of carbonyl (C=O) groups is 1. The van der Waals surface area contributed by atoms with Crippen molar-refractivity contribution in [1.82, 2.24) is 10.6 Å². The summed E-state index contributed by atoms with van der Waals surface area (Å²) in [5.74, 6) is 0.360. The van der Waals surface area contributed by atoms with Gasteiger partial charge >= 0.3 is 0 Å². The van der Waals surface area contributed by atoms with Gasteiger partial charge in [-0.05, 0) is 43.8 Å². The molecule has 0 bridgehead atoms. The van der Waals surface area contributed by atoms with E-state index in [1.165, 1.54) is 11.1 Å². The highest BCUT2D eigenvalue weighted by atomic mass is 35.5. The number of carbonyl (C=O) groups excluding carboxylic acids is 1. The van der Waals surface area contributed by atoms with Gasteiger partial charge in [-0.3, -0.25) is 4.79 Å². The van der Waals surface area contributed by atoms with E-state index in [0.29, 0.717) is 0 Å². The molecule has 1 saturated heterocycles. The largest absolute Gasteiger partial charge is 0.349 e. The van der Waals surface area contributed by atoms with Crippen molar-refractivity contribution in [2.75, 3.05) is 13.1 Å². The number of rotatable bonds is 3. The van der Waals surface area contributed by atoms with E-state index in [0.717, 1.165) is 25.9 Å². The molecule has 1 aliphatic heterocycles. The molecule has 1 unspecified atom stereocenters. The second kappa shape index (κ2) is 7.98. The minimum atomic E-state index is -0.00360. The number of amides is 1. The number of aryl methyl sites for hydroxylation is 1. The van der Waals surface area contributed by atoms with Gasteiger partial charge in [0.2, 0.25) is 5.91 Å². The fraction of sp³-hybridized carbons (Fsp3) is 0.611. The maximum absolute atomic E-state index is 12.6. The quantitative estimate of drug-likeness (QED) is 0.891. The normalized spacial score (nSPS) is 17.5. The zero-order valence-corrected chi connectivity index (χ0v) is 14.9. The lowest BCUT2D eigenvalue weighted by Crippen LogP contribution is -2.43. The second-order valence-corrected chi connectivity index (χ2v) is 7.25. The monoisotopic (exact) mass is 324 g/mol. The first-order valence-corrected chi connectivity index (χ1v) is 7.95. The molecule has 0 aromatic heterocycles. The Hall–Kier alpha value is -1.06. The average Bonchev–Trinajstić information content (AvgIpc) is 2.44. The van der Waals surface area contributed by atoms with Crippen LogP contribution >= 0.6 is 12.4 Å². The molecule has 0 radical (unpaired) electrons. The van der Waals surface area contributed by atoms with E-state index in [-0.39, 0.29) is 35.7 Å². The molecular weight excluding hydrogens is 296 g/mol. The van der Waals surface area contributed by atoms with E-state index in [2.05, 4.69) is 62.6 Å². The number of hydrogen-bond donors (Lipinski definition) is 2. The van der Waals surface area contributed by atoms with E-state index in [9.17, 15) is 4.79 Å². The summed E-state index contributed by atoms with van der Waals surface area (Å²) in [6, 6.07) is 8.52. The van der Waals surface area contributed by atoms with Gasteiger partial charge in [0.15, 0.2) is 0 Å². The molecule has 1 aliphatic rings. The molecule has 0 spiro atoms. The molecule has 0 saturated carbocycles. The number of benzene rings is 1. The second-order valence-electron chi connectivity index (χ2n) is 7.25. The molecule has 124 valence electrons. The Bertz CT molecular complexity index is 490. The van der Waals surface area contributed by atoms with Gasteiger partial charge in [0, 0.05) is 5.92 Å². The molecule has 1 aromatic carbocycles. The maximum atomic E-state index is 12.6. The summed E-state index contributed by atoms with van der Waals surface area (Å²) in [5.41, 5.74) is 2.43. The fourth-order valence-electron chi connectivity index (χ4n) is 2.99. The van der Waals surface area contributed by atoms with Crippen LogP contribution in [0.5, 0.6) is 0 Å². The Morgan fingerprint density at radius 2 is 1.91 bits per heavy atom. The molecule has 3 nitrogen and oxygen atoms in total. The molecule has 1 atom stereocenters. The molecule has 1 fully saturated rings. The third-order valence-electron chi connectivity index (χ3n) is 4.24. The first-order valence-electron chi connectivity index (χ1n) is 7.95. The third kappa shape index (κ3) is 4.99. The van der Waals surface area contributed by atoms with Crippen LogP contribution in [0.3, 0.4) is 0 Å². The highest BCUT2D eigenvalue weighted by molar-refractivity contribution is 5.85. The topological polar surface area (TPSA) is 41.1 Å². The Labute approximate surface area is 140 Å². The molecule has 1 amide bonds. The van der Waals surface area contributed by atoms with Crippen LogP contribution in [-0.4, -0.2) is 19.0 Å². The predicted octanol–water partition coefficient (Wildman–Crippen LogP) is 3.62. The zero-order chi connectivity index (χ0) is 15.5. The van der Waals surface area contributed by atoms with Crippen LogP contribution in [-0.2, 0) is 4.79 Å². The lowest BCUT2D eigenvalue weighted by atomic mass is 9.81. The molecule has 2 rings (SSSR count). The Kier molecular flexibility index (Phi) is 6.89. The minimum Gasteiger partial charge on any atom is -0.349 e. The van der Waals surface area contributed by atoms with E-state index in [1.807, 2.05) is 0 Å². The van der Waals surface area contributed by atoms with E-state index in [4.69, 9.17) is 0 Å². The van der Waals surface area contributed by atoms with Crippen molar-refractivity contribution >= 4 is 18.3 Å². The van der Waals surface area contributed by atoms with Gasteiger partial charge in [0.25, 0.3) is 0 Å². The molecular formula is C18H29ClN2O. The first-order chi connectivity index (χ1) is 9.88. The Morgan fingerprint density at radius 1 is 1.27 bits per heavy atom. The summed E-state index contributed by atoms with van der Waals surface area (Å²) >= 11 is 0. The molecule has 22 heavy (non-hydrogen) atoms. The fourth-order valence-corrected chi connectivity index (χ4v) is 2.99. The number of piperidine rings is 1. The molecule has 0 aliphatic carbocycles. The molecule has 4 heteroatoms. The van der Waals surface area contributed by atoms with Crippen molar-refractivity contribution in [3.05, 3.63) is 35.4 Å². The van der Waals surface area contributed by atoms with E-state index in [1.54, 1.807) is 0 Å². The van der Waals surface area contributed by atoms with Crippen molar-refractivity contribution in [3.8, 4) is 0 Å². The van der Waals surface area contributed by atoms with Crippen LogP contribution in [0.25, 0.3) is 0 Å². The number of nitrogens with one attached hydrogen (secondary N) is 2. The summed E-state index contributed by atoms with van der Waals surface area (Å²) in [5, 5.41) is 6.62. The SMILES string of the molecule is Cc1cccc(C(NC(=O)C2CCNCC2)C(C)(C)C)c1.Cl. The standard InChI is InChI=1S/C18H28N2O.ClH/c1-13-6-5-7-15(12-13)16(18(2,3)4)20-17(21)14-8-10-19-11-9-14;/h5-7,12,14,16,19H,8-11H2,1-4H3,(H,20,21);1H. The van der Waals surface area contributed by atoms with Gasteiger partial charge < -0.3 is 10.6 Å². The minimum absolute atomic E-state index is 0. The van der Waals surface area contributed by atoms with Crippen molar-refractivity contribution in [2.24, 2.45) is 11.3 Å². The van der Waals surface area contributed by atoms with Crippen LogP contribution in [0.1, 0.15) is 50.8 Å². The zero-order valence-electron chi connectivity index (χ0n) is 14.1. The van der Waals surface area contributed by atoms with Gasteiger partial charge in [-0.15, -0.1) is 12.4 Å². The average molecular weight is 325 g/mol. The smallest absolute Gasteiger partial charge is 0.223 e. The summed E-state index contributed by atoms with van der Waals surface area (Å²) in [6.07, 6.45) is 1.88. The lowest BCUT2D eigenvalue weighted by Gasteiger charge is -2.34. The van der Waals surface area contributed by atoms with Crippen molar-refractivity contribution in [3.63, 3.8) is 0 Å². The third-order valence-corrected chi connectivity index (χ3v) is 4.24.